The van der Waals surface area contributed by atoms with Crippen molar-refractivity contribution >= 4 is 29.5 Å². The molecule has 1 fully saturated rings. The van der Waals surface area contributed by atoms with E-state index in [0.717, 1.165) is 19.4 Å². The van der Waals surface area contributed by atoms with Gasteiger partial charge in [0.1, 0.15) is 0 Å². The zero-order valence-corrected chi connectivity index (χ0v) is 14.9. The molecule has 1 aliphatic rings. The molecule has 1 heterocycles. The molecule has 136 valence electrons. The Kier molecular flexibility index (Phi) is 6.96. The number of methoxy groups -OCH3 is 2. The Bertz CT molecular complexity index is 659. The van der Waals surface area contributed by atoms with Crippen molar-refractivity contribution in [2.75, 3.05) is 27.4 Å². The van der Waals surface area contributed by atoms with E-state index in [-0.39, 0.29) is 17.4 Å². The molecule has 0 bridgehead atoms. The average molecular weight is 366 g/mol. The van der Waals surface area contributed by atoms with Crippen molar-refractivity contribution in [3.63, 3.8) is 0 Å². The molecule has 0 aromatic heterocycles. The third kappa shape index (κ3) is 5.04. The maximum absolute atomic E-state index is 11.4. The monoisotopic (exact) mass is 366 g/mol. The standard InChI is InChI=1S/C16H21N3O5S/c1-22-12-6-5-10(13(15(20)21)14(12)23-2)8-18-19-16(25)17-9-11-4-3-7-24-11/h5-6,8,11H,3-4,7,9H2,1-2H3,(H,20,21)(H2,17,19,25)/p-1/b18-8-/t11-/m0/s1. The first-order chi connectivity index (χ1) is 12.1. The van der Waals surface area contributed by atoms with E-state index < -0.39 is 5.97 Å². The van der Waals surface area contributed by atoms with Gasteiger partial charge in [0.25, 0.3) is 0 Å². The second kappa shape index (κ2) is 9.19. The lowest BCUT2D eigenvalue weighted by Gasteiger charge is -2.15. The van der Waals surface area contributed by atoms with Gasteiger partial charge in [-0.25, -0.2) is 0 Å². The average Bonchev–Trinajstić information content (AvgIpc) is 3.12. The third-order valence-electron chi connectivity index (χ3n) is 3.67. The van der Waals surface area contributed by atoms with Gasteiger partial charge in [-0.15, -0.1) is 0 Å². The van der Waals surface area contributed by atoms with Gasteiger partial charge in [0.05, 0.1) is 38.1 Å². The summed E-state index contributed by atoms with van der Waals surface area (Å²) in [5.74, 6) is -1.03. The molecule has 1 aromatic carbocycles. The van der Waals surface area contributed by atoms with Crippen LogP contribution in [0.15, 0.2) is 17.2 Å². The van der Waals surface area contributed by atoms with Crippen molar-refractivity contribution in [1.82, 2.24) is 10.7 Å². The first-order valence-electron chi connectivity index (χ1n) is 7.71. The van der Waals surface area contributed by atoms with E-state index in [1.54, 1.807) is 12.1 Å². The van der Waals surface area contributed by atoms with Crippen LogP contribution in [-0.2, 0) is 4.74 Å². The number of nitrogens with one attached hydrogen (secondary N) is 2. The van der Waals surface area contributed by atoms with Crippen molar-refractivity contribution in [2.45, 2.75) is 18.9 Å². The molecule has 1 saturated heterocycles. The van der Waals surface area contributed by atoms with E-state index >= 15 is 0 Å². The number of carbonyl (C=O) groups is 1. The molecule has 0 aliphatic carbocycles. The minimum absolute atomic E-state index is 0.0746. The summed E-state index contributed by atoms with van der Waals surface area (Å²) in [5, 5.41) is 18.7. The predicted molar refractivity (Wildman–Crippen MR) is 94.2 cm³/mol. The van der Waals surface area contributed by atoms with Gasteiger partial charge in [-0.3, -0.25) is 5.43 Å². The number of aromatic carboxylic acids is 1. The number of thiocarbonyl (C=S) groups is 1. The Morgan fingerprint density at radius 3 is 2.88 bits per heavy atom. The van der Waals surface area contributed by atoms with E-state index in [9.17, 15) is 9.90 Å². The number of hydrazone groups is 1. The molecule has 0 radical (unpaired) electrons. The van der Waals surface area contributed by atoms with Gasteiger partial charge in [0.2, 0.25) is 0 Å². The summed E-state index contributed by atoms with van der Waals surface area (Å²) in [6.07, 6.45) is 3.53. The fraction of sp³-hybridized carbons (Fsp3) is 0.438. The fourth-order valence-corrected chi connectivity index (χ4v) is 2.61. The molecule has 1 aliphatic heterocycles. The summed E-state index contributed by atoms with van der Waals surface area (Å²) < 4.78 is 15.7. The summed E-state index contributed by atoms with van der Waals surface area (Å²) in [5.41, 5.74) is 2.79. The smallest absolute Gasteiger partial charge is 0.187 e. The summed E-state index contributed by atoms with van der Waals surface area (Å²) in [4.78, 5) is 11.4. The molecule has 1 aromatic rings. The number of hydrogen-bond acceptors (Lipinski definition) is 7. The second-order valence-corrected chi connectivity index (χ2v) is 5.68. The number of carboxylic acids is 1. The minimum Gasteiger partial charge on any atom is -0.545 e. The maximum Gasteiger partial charge on any atom is 0.187 e. The van der Waals surface area contributed by atoms with Crippen molar-refractivity contribution in [1.29, 1.82) is 0 Å². The Hall–Kier alpha value is -2.39. The number of rotatable bonds is 7. The highest BCUT2D eigenvalue weighted by Crippen LogP contribution is 2.32. The molecular formula is C16H20N3O5S-. The lowest BCUT2D eigenvalue weighted by molar-refractivity contribution is -0.255. The molecule has 0 unspecified atom stereocenters. The minimum atomic E-state index is -1.39. The fourth-order valence-electron chi connectivity index (χ4n) is 2.47. The lowest BCUT2D eigenvalue weighted by atomic mass is 10.1. The lowest BCUT2D eigenvalue weighted by Crippen LogP contribution is -2.37. The Balaban J connectivity index is 2.01. The van der Waals surface area contributed by atoms with Crippen LogP contribution in [0.25, 0.3) is 0 Å². The maximum atomic E-state index is 11.4. The molecule has 8 nitrogen and oxygen atoms in total. The summed E-state index contributed by atoms with van der Waals surface area (Å²) >= 11 is 5.11. The van der Waals surface area contributed by atoms with Crippen LogP contribution in [0.2, 0.25) is 0 Å². The quantitative estimate of drug-likeness (QED) is 0.396. The van der Waals surface area contributed by atoms with Gasteiger partial charge in [-0.05, 0) is 37.2 Å². The number of ether oxygens (including phenoxy) is 3. The van der Waals surface area contributed by atoms with E-state index in [1.165, 1.54) is 20.4 Å². The van der Waals surface area contributed by atoms with E-state index in [4.69, 9.17) is 26.4 Å². The number of carbonyl (C=O) groups excluding carboxylic acids is 1. The molecular weight excluding hydrogens is 346 g/mol. The van der Waals surface area contributed by atoms with Crippen LogP contribution in [-0.4, -0.2) is 50.8 Å². The number of nitrogens with zero attached hydrogens (tertiary/aromatic N) is 1. The van der Waals surface area contributed by atoms with Gasteiger partial charge in [0, 0.05) is 18.7 Å². The third-order valence-corrected chi connectivity index (χ3v) is 3.90. The van der Waals surface area contributed by atoms with E-state index in [0.29, 0.717) is 23.0 Å². The van der Waals surface area contributed by atoms with Crippen molar-refractivity contribution in [2.24, 2.45) is 5.10 Å². The number of carboxylic acid groups (broad SMARTS) is 1. The first kappa shape index (κ1) is 18.9. The van der Waals surface area contributed by atoms with Crippen molar-refractivity contribution < 1.29 is 24.1 Å². The molecule has 2 rings (SSSR count). The van der Waals surface area contributed by atoms with Crippen LogP contribution < -0.4 is 25.3 Å². The Labute approximate surface area is 151 Å². The van der Waals surface area contributed by atoms with Crippen LogP contribution in [0.4, 0.5) is 0 Å². The largest absolute Gasteiger partial charge is 0.545 e. The molecule has 9 heteroatoms. The molecule has 1 atom stereocenters. The van der Waals surface area contributed by atoms with Gasteiger partial charge in [-0.1, -0.05) is 0 Å². The molecule has 25 heavy (non-hydrogen) atoms. The zero-order valence-electron chi connectivity index (χ0n) is 14.0. The molecule has 0 spiro atoms. The first-order valence-corrected chi connectivity index (χ1v) is 8.12. The zero-order chi connectivity index (χ0) is 18.2. The van der Waals surface area contributed by atoms with Gasteiger partial charge in [0.15, 0.2) is 16.6 Å². The van der Waals surface area contributed by atoms with Crippen LogP contribution in [0.5, 0.6) is 11.5 Å². The van der Waals surface area contributed by atoms with Crippen LogP contribution in [0.1, 0.15) is 28.8 Å². The Morgan fingerprint density at radius 1 is 1.48 bits per heavy atom. The summed E-state index contributed by atoms with van der Waals surface area (Å²) in [7, 11) is 2.78. The number of hydrogen-bond donors (Lipinski definition) is 2. The highest BCUT2D eigenvalue weighted by atomic mass is 32.1. The predicted octanol–water partition coefficient (Wildman–Crippen LogP) is 0.0443. The normalized spacial score (nSPS) is 16.6. The van der Waals surface area contributed by atoms with Crippen LogP contribution in [0.3, 0.4) is 0 Å². The molecule has 2 N–H and O–H groups in total. The van der Waals surface area contributed by atoms with Crippen molar-refractivity contribution in [3.8, 4) is 11.5 Å². The van der Waals surface area contributed by atoms with Gasteiger partial charge < -0.3 is 29.4 Å². The van der Waals surface area contributed by atoms with Crippen LogP contribution >= 0.6 is 12.2 Å². The highest BCUT2D eigenvalue weighted by Gasteiger charge is 2.16. The van der Waals surface area contributed by atoms with E-state index in [2.05, 4.69) is 15.8 Å². The van der Waals surface area contributed by atoms with Gasteiger partial charge >= 0.3 is 0 Å². The van der Waals surface area contributed by atoms with Gasteiger partial charge in [-0.2, -0.15) is 5.10 Å². The van der Waals surface area contributed by atoms with E-state index in [1.807, 2.05) is 0 Å². The molecule has 0 amide bonds. The second-order valence-electron chi connectivity index (χ2n) is 5.27. The topological polar surface area (TPSA) is 104 Å². The number of benzene rings is 1. The Morgan fingerprint density at radius 2 is 2.28 bits per heavy atom. The SMILES string of the molecule is COc1ccc(/C=N\NC(=S)NC[C@@H]2CCCO2)c(C(=O)[O-])c1OC. The molecule has 0 saturated carbocycles. The summed E-state index contributed by atoms with van der Waals surface area (Å²) in [6.45, 7) is 1.37. The van der Waals surface area contributed by atoms with Crippen molar-refractivity contribution in [3.05, 3.63) is 23.3 Å². The highest BCUT2D eigenvalue weighted by molar-refractivity contribution is 7.80. The summed E-state index contributed by atoms with van der Waals surface area (Å²) in [6, 6.07) is 3.13. The van der Waals surface area contributed by atoms with Crippen LogP contribution in [0, 0.1) is 0 Å².